The summed E-state index contributed by atoms with van der Waals surface area (Å²) in [6, 6.07) is 8.55. The second-order valence-electron chi connectivity index (χ2n) is 5.99. The zero-order valence-corrected chi connectivity index (χ0v) is 16.8. The summed E-state index contributed by atoms with van der Waals surface area (Å²) in [6.45, 7) is 4.29. The fourth-order valence-electron chi connectivity index (χ4n) is 3.01. The Bertz CT molecular complexity index is 882. The van der Waals surface area contributed by atoms with Gasteiger partial charge < -0.3 is 10.1 Å². The average Bonchev–Trinajstić information content (AvgIpc) is 3.11. The number of ether oxygens (including phenoxy) is 1. The molecule has 28 heavy (non-hydrogen) atoms. The van der Waals surface area contributed by atoms with Gasteiger partial charge in [-0.15, -0.1) is 5.10 Å². The van der Waals surface area contributed by atoms with Crippen molar-refractivity contribution >= 4 is 23.8 Å². The molecule has 0 radical (unpaired) electrons. The molecule has 2 aromatic rings. The normalized spacial score (nSPS) is 16.9. The van der Waals surface area contributed by atoms with Crippen molar-refractivity contribution in [2.45, 2.75) is 25.0 Å². The highest BCUT2D eigenvalue weighted by atomic mass is 32.2. The number of nitrogens with zero attached hydrogens (tertiary/aromatic N) is 5. The summed E-state index contributed by atoms with van der Waals surface area (Å²) in [5, 5.41) is 14.9. The lowest BCUT2D eigenvalue weighted by Gasteiger charge is -2.36. The first-order valence-corrected chi connectivity index (χ1v) is 9.93. The Balaban J connectivity index is 2.06. The number of esters is 1. The van der Waals surface area contributed by atoms with Crippen LogP contribution in [0.5, 0.6) is 0 Å². The monoisotopic (exact) mass is 402 g/mol. The van der Waals surface area contributed by atoms with Crippen molar-refractivity contribution in [3.8, 4) is 0 Å². The van der Waals surface area contributed by atoms with E-state index in [9.17, 15) is 9.59 Å². The number of nitrogens with one attached hydrogen (secondary N) is 1. The summed E-state index contributed by atoms with van der Waals surface area (Å²) in [5.74, 6) is -0.0889. The Morgan fingerprint density at radius 1 is 1.29 bits per heavy atom. The molecule has 0 saturated carbocycles. The van der Waals surface area contributed by atoms with Crippen molar-refractivity contribution in [2.75, 3.05) is 18.9 Å². The van der Waals surface area contributed by atoms with Crippen LogP contribution in [0.25, 0.3) is 0 Å². The van der Waals surface area contributed by atoms with Gasteiger partial charge in [0.05, 0.1) is 18.2 Å². The number of amides is 2. The maximum absolute atomic E-state index is 12.9. The van der Waals surface area contributed by atoms with Crippen molar-refractivity contribution < 1.29 is 14.3 Å². The van der Waals surface area contributed by atoms with Crippen LogP contribution in [0.2, 0.25) is 0 Å². The molecule has 0 unspecified atom stereocenters. The van der Waals surface area contributed by atoms with Crippen LogP contribution in [-0.2, 0) is 16.6 Å². The number of carbonyl (C=O) groups is 2. The Morgan fingerprint density at radius 3 is 2.64 bits per heavy atom. The third kappa shape index (κ3) is 4.01. The lowest BCUT2D eigenvalue weighted by atomic mass is 9.95. The summed E-state index contributed by atoms with van der Waals surface area (Å²) in [5.41, 5.74) is 1.85. The van der Waals surface area contributed by atoms with Crippen molar-refractivity contribution in [3.63, 3.8) is 0 Å². The third-order valence-electron chi connectivity index (χ3n) is 4.30. The Hall–Kier alpha value is -2.88. The first kappa shape index (κ1) is 19.9. The number of tetrazole rings is 1. The van der Waals surface area contributed by atoms with Crippen LogP contribution < -0.4 is 5.32 Å². The average molecular weight is 402 g/mol. The highest BCUT2D eigenvalue weighted by Crippen LogP contribution is 2.33. The van der Waals surface area contributed by atoms with Gasteiger partial charge in [0.2, 0.25) is 5.16 Å². The smallest absolute Gasteiger partial charge is 0.338 e. The standard InChI is InChI=1S/C18H22N6O3S/c1-4-24-13(11-28-18-20-21-22-23(18)3)14(16(25)27-5-2)15(19-17(24)26)12-9-7-6-8-10-12/h6-10,15H,4-5,11H2,1-3H3,(H,19,26)/t15-/m1/s1. The minimum atomic E-state index is -0.580. The van der Waals surface area contributed by atoms with Gasteiger partial charge >= 0.3 is 12.0 Å². The molecule has 0 fully saturated rings. The molecule has 1 aliphatic heterocycles. The van der Waals surface area contributed by atoms with Gasteiger partial charge in [0.1, 0.15) is 0 Å². The van der Waals surface area contributed by atoms with Gasteiger partial charge in [-0.05, 0) is 29.8 Å². The van der Waals surface area contributed by atoms with Crippen molar-refractivity contribution in [3.05, 3.63) is 47.2 Å². The number of benzene rings is 1. The number of aromatic nitrogens is 4. The first-order chi connectivity index (χ1) is 13.6. The molecule has 10 heteroatoms. The largest absolute Gasteiger partial charge is 0.463 e. The molecule has 0 spiro atoms. The van der Waals surface area contributed by atoms with Crippen molar-refractivity contribution in [2.24, 2.45) is 7.05 Å². The minimum Gasteiger partial charge on any atom is -0.463 e. The van der Waals surface area contributed by atoms with E-state index in [0.717, 1.165) is 5.56 Å². The number of urea groups is 1. The highest BCUT2D eigenvalue weighted by Gasteiger charge is 2.37. The molecule has 1 N–H and O–H groups in total. The number of rotatable bonds is 7. The minimum absolute atomic E-state index is 0.248. The first-order valence-electron chi connectivity index (χ1n) is 8.95. The van der Waals surface area contributed by atoms with Gasteiger partial charge in [-0.25, -0.2) is 14.3 Å². The fraction of sp³-hybridized carbons (Fsp3) is 0.389. The van der Waals surface area contributed by atoms with Gasteiger partial charge in [0, 0.05) is 25.0 Å². The predicted octanol–water partition coefficient (Wildman–Crippen LogP) is 1.91. The Morgan fingerprint density at radius 2 is 2.04 bits per heavy atom. The fourth-order valence-corrected chi connectivity index (χ4v) is 3.91. The van der Waals surface area contributed by atoms with E-state index in [1.165, 1.54) is 11.8 Å². The molecule has 1 aromatic carbocycles. The highest BCUT2D eigenvalue weighted by molar-refractivity contribution is 7.99. The number of aryl methyl sites for hydroxylation is 1. The molecule has 1 aliphatic rings. The number of thioether (sulfide) groups is 1. The van der Waals surface area contributed by atoms with E-state index in [0.29, 0.717) is 28.7 Å². The van der Waals surface area contributed by atoms with E-state index in [1.54, 1.807) is 23.6 Å². The molecule has 148 valence electrons. The summed E-state index contributed by atoms with van der Waals surface area (Å²) >= 11 is 1.36. The van der Waals surface area contributed by atoms with Crippen LogP contribution in [0.3, 0.4) is 0 Å². The van der Waals surface area contributed by atoms with Gasteiger partial charge in [-0.1, -0.05) is 42.1 Å². The SMILES string of the molecule is CCOC(=O)C1=C(CSc2nnnn2C)N(CC)C(=O)N[C@@H]1c1ccccc1. The molecule has 3 rings (SSSR count). The topological polar surface area (TPSA) is 102 Å². The zero-order chi connectivity index (χ0) is 20.1. The molecular formula is C18H22N6O3S. The van der Waals surface area contributed by atoms with E-state index >= 15 is 0 Å². The van der Waals surface area contributed by atoms with E-state index < -0.39 is 12.0 Å². The summed E-state index contributed by atoms with van der Waals surface area (Å²) in [6.07, 6.45) is 0. The zero-order valence-electron chi connectivity index (χ0n) is 16.0. The van der Waals surface area contributed by atoms with Gasteiger partial charge in [-0.3, -0.25) is 4.90 Å². The predicted molar refractivity (Wildman–Crippen MR) is 103 cm³/mol. The summed E-state index contributed by atoms with van der Waals surface area (Å²) in [4.78, 5) is 27.2. The van der Waals surface area contributed by atoms with Crippen molar-refractivity contribution in [1.29, 1.82) is 0 Å². The molecule has 0 saturated heterocycles. The van der Waals surface area contributed by atoms with Crippen LogP contribution in [-0.4, -0.2) is 56.0 Å². The molecular weight excluding hydrogens is 380 g/mol. The summed E-state index contributed by atoms with van der Waals surface area (Å²) in [7, 11) is 1.74. The Kier molecular flexibility index (Phi) is 6.30. The molecule has 2 amide bonds. The van der Waals surface area contributed by atoms with Crippen LogP contribution >= 0.6 is 11.8 Å². The number of hydrogen-bond donors (Lipinski definition) is 1. The van der Waals surface area contributed by atoms with E-state index in [4.69, 9.17) is 4.74 Å². The van der Waals surface area contributed by atoms with E-state index in [2.05, 4.69) is 20.8 Å². The lowest BCUT2D eigenvalue weighted by Crippen LogP contribution is -2.49. The van der Waals surface area contributed by atoms with E-state index in [1.807, 2.05) is 37.3 Å². The third-order valence-corrected chi connectivity index (χ3v) is 5.32. The summed E-state index contributed by atoms with van der Waals surface area (Å²) < 4.78 is 6.87. The molecule has 9 nitrogen and oxygen atoms in total. The quantitative estimate of drug-likeness (QED) is 0.557. The maximum Gasteiger partial charge on any atom is 0.338 e. The maximum atomic E-state index is 12.9. The van der Waals surface area contributed by atoms with E-state index in [-0.39, 0.29) is 12.6 Å². The molecule has 0 aliphatic carbocycles. The number of hydrogen-bond acceptors (Lipinski definition) is 7. The van der Waals surface area contributed by atoms with Crippen molar-refractivity contribution in [1.82, 2.24) is 30.4 Å². The molecule has 0 bridgehead atoms. The second-order valence-corrected chi connectivity index (χ2v) is 6.93. The number of carbonyl (C=O) groups excluding carboxylic acids is 2. The van der Waals surface area contributed by atoms with Gasteiger partial charge in [0.15, 0.2) is 0 Å². The Labute approximate surface area is 167 Å². The van der Waals surface area contributed by atoms with Gasteiger partial charge in [0.25, 0.3) is 0 Å². The molecule has 1 atom stereocenters. The second kappa shape index (κ2) is 8.87. The van der Waals surface area contributed by atoms with Crippen LogP contribution in [0.4, 0.5) is 4.79 Å². The molecule has 1 aromatic heterocycles. The lowest BCUT2D eigenvalue weighted by molar-refractivity contribution is -0.139. The van der Waals surface area contributed by atoms with Crippen LogP contribution in [0.1, 0.15) is 25.5 Å². The van der Waals surface area contributed by atoms with Crippen LogP contribution in [0.15, 0.2) is 46.8 Å². The molecule has 2 heterocycles. The van der Waals surface area contributed by atoms with Crippen LogP contribution in [0, 0.1) is 0 Å². The van der Waals surface area contributed by atoms with Gasteiger partial charge in [-0.2, -0.15) is 0 Å².